The highest BCUT2D eigenvalue weighted by Crippen LogP contribution is 2.33. The zero-order valence-corrected chi connectivity index (χ0v) is 14.5. The van der Waals surface area contributed by atoms with Crippen LogP contribution in [0.5, 0.6) is 0 Å². The van der Waals surface area contributed by atoms with E-state index in [0.717, 1.165) is 12.1 Å². The van der Waals surface area contributed by atoms with Gasteiger partial charge in [-0.25, -0.2) is 0 Å². The Labute approximate surface area is 144 Å². The Balaban J connectivity index is 0.00000121. The number of hydrogen-bond acceptors (Lipinski definition) is 3. The third-order valence-corrected chi connectivity index (χ3v) is 4.67. The Bertz CT molecular complexity index is 458. The molecule has 4 nitrogen and oxygen atoms in total. The van der Waals surface area contributed by atoms with Gasteiger partial charge in [-0.05, 0) is 44.2 Å². The summed E-state index contributed by atoms with van der Waals surface area (Å²) < 4.78 is 0. The van der Waals surface area contributed by atoms with Gasteiger partial charge in [0.15, 0.2) is 0 Å². The number of fused-ring (bicyclic) bond motifs is 1. The predicted octanol–water partition coefficient (Wildman–Crippen LogP) is 3.02. The number of nitrogens with zero attached hydrogens (tertiary/aromatic N) is 1. The maximum atomic E-state index is 12.4. The lowest BCUT2D eigenvalue weighted by atomic mass is 9.85. The Morgan fingerprint density at radius 3 is 2.77 bits per heavy atom. The zero-order valence-electron chi connectivity index (χ0n) is 12.8. The van der Waals surface area contributed by atoms with Gasteiger partial charge in [0.05, 0.1) is 17.8 Å². The standard InChI is InChI=1S/C16H23N3O.2ClH/c1-11(13-7-4-5-9-17-13)18-16(20)15-10-12-6-2-3-8-14(12)19-15;;/h4-5,7,9,11-12,14-15,19H,2-3,6,8,10H2,1H3,(H,18,20);2*1H. The molecule has 3 rings (SSSR count). The van der Waals surface area contributed by atoms with E-state index in [0.29, 0.717) is 12.0 Å². The molecule has 4 unspecified atom stereocenters. The molecule has 22 heavy (non-hydrogen) atoms. The molecule has 1 saturated carbocycles. The normalized spacial score (nSPS) is 27.8. The van der Waals surface area contributed by atoms with Crippen molar-refractivity contribution in [2.45, 2.75) is 57.2 Å². The van der Waals surface area contributed by atoms with E-state index < -0.39 is 0 Å². The second-order valence-electron chi connectivity index (χ2n) is 6.09. The van der Waals surface area contributed by atoms with Crippen molar-refractivity contribution < 1.29 is 4.79 Å². The molecule has 2 N–H and O–H groups in total. The average molecular weight is 346 g/mol. The van der Waals surface area contributed by atoms with Crippen LogP contribution in [0.3, 0.4) is 0 Å². The van der Waals surface area contributed by atoms with Crippen molar-refractivity contribution in [3.8, 4) is 0 Å². The van der Waals surface area contributed by atoms with E-state index in [1.165, 1.54) is 25.7 Å². The smallest absolute Gasteiger partial charge is 0.237 e. The number of carbonyl (C=O) groups is 1. The van der Waals surface area contributed by atoms with Gasteiger partial charge in [-0.15, -0.1) is 24.8 Å². The number of amides is 1. The van der Waals surface area contributed by atoms with Gasteiger partial charge in [-0.1, -0.05) is 18.9 Å². The number of halogens is 2. The molecule has 6 heteroatoms. The highest BCUT2D eigenvalue weighted by atomic mass is 35.5. The molecular weight excluding hydrogens is 321 g/mol. The lowest BCUT2D eigenvalue weighted by molar-refractivity contribution is -0.123. The number of aromatic nitrogens is 1. The minimum Gasteiger partial charge on any atom is -0.347 e. The largest absolute Gasteiger partial charge is 0.347 e. The molecule has 1 aromatic heterocycles. The van der Waals surface area contributed by atoms with Gasteiger partial charge < -0.3 is 10.6 Å². The van der Waals surface area contributed by atoms with Crippen LogP contribution in [0.1, 0.15) is 50.8 Å². The summed E-state index contributed by atoms with van der Waals surface area (Å²) in [4.78, 5) is 16.7. The third-order valence-electron chi connectivity index (χ3n) is 4.67. The summed E-state index contributed by atoms with van der Waals surface area (Å²) in [5, 5.41) is 6.60. The number of carbonyl (C=O) groups excluding carboxylic acids is 1. The predicted molar refractivity (Wildman–Crippen MR) is 92.6 cm³/mol. The van der Waals surface area contributed by atoms with Gasteiger partial charge in [-0.2, -0.15) is 0 Å². The molecule has 1 saturated heterocycles. The van der Waals surface area contributed by atoms with Crippen molar-refractivity contribution in [2.75, 3.05) is 0 Å². The first-order valence-electron chi connectivity index (χ1n) is 7.71. The minimum absolute atomic E-state index is 0. The summed E-state index contributed by atoms with van der Waals surface area (Å²) in [5.41, 5.74) is 0.913. The highest BCUT2D eigenvalue weighted by molar-refractivity contribution is 5.85. The molecule has 124 valence electrons. The van der Waals surface area contributed by atoms with E-state index in [4.69, 9.17) is 0 Å². The van der Waals surface area contributed by atoms with Gasteiger partial charge in [0.2, 0.25) is 5.91 Å². The molecule has 0 aromatic carbocycles. The molecule has 1 aromatic rings. The first-order valence-corrected chi connectivity index (χ1v) is 7.71. The fourth-order valence-electron chi connectivity index (χ4n) is 3.54. The van der Waals surface area contributed by atoms with Crippen LogP contribution in [-0.4, -0.2) is 23.0 Å². The molecule has 1 aliphatic heterocycles. The first kappa shape index (κ1) is 19.2. The number of rotatable bonds is 3. The Morgan fingerprint density at radius 1 is 1.32 bits per heavy atom. The van der Waals surface area contributed by atoms with Crippen molar-refractivity contribution in [1.29, 1.82) is 0 Å². The Morgan fingerprint density at radius 2 is 2.09 bits per heavy atom. The van der Waals surface area contributed by atoms with Gasteiger partial charge in [0.25, 0.3) is 0 Å². The van der Waals surface area contributed by atoms with Crippen LogP contribution in [-0.2, 0) is 4.79 Å². The van der Waals surface area contributed by atoms with Crippen LogP contribution >= 0.6 is 24.8 Å². The average Bonchev–Trinajstić information content (AvgIpc) is 2.92. The lowest BCUT2D eigenvalue weighted by Crippen LogP contribution is -2.44. The molecule has 1 aliphatic carbocycles. The van der Waals surface area contributed by atoms with Crippen LogP contribution in [0.25, 0.3) is 0 Å². The van der Waals surface area contributed by atoms with Crippen molar-refractivity contribution in [3.05, 3.63) is 30.1 Å². The fraction of sp³-hybridized carbons (Fsp3) is 0.625. The summed E-state index contributed by atoms with van der Waals surface area (Å²) in [6, 6.07) is 6.30. The highest BCUT2D eigenvalue weighted by Gasteiger charge is 2.38. The molecule has 4 atom stereocenters. The van der Waals surface area contributed by atoms with Crippen LogP contribution in [0.2, 0.25) is 0 Å². The Hall–Kier alpha value is -0.840. The Kier molecular flexibility index (Phi) is 7.60. The van der Waals surface area contributed by atoms with Gasteiger partial charge >= 0.3 is 0 Å². The summed E-state index contributed by atoms with van der Waals surface area (Å²) in [7, 11) is 0. The van der Waals surface area contributed by atoms with E-state index >= 15 is 0 Å². The molecule has 0 spiro atoms. The van der Waals surface area contributed by atoms with E-state index in [2.05, 4.69) is 15.6 Å². The number of pyridine rings is 1. The quantitative estimate of drug-likeness (QED) is 0.885. The van der Waals surface area contributed by atoms with Crippen molar-refractivity contribution in [3.63, 3.8) is 0 Å². The fourth-order valence-corrected chi connectivity index (χ4v) is 3.54. The second-order valence-corrected chi connectivity index (χ2v) is 6.09. The van der Waals surface area contributed by atoms with Crippen LogP contribution in [0.15, 0.2) is 24.4 Å². The van der Waals surface area contributed by atoms with Crippen molar-refractivity contribution in [2.24, 2.45) is 5.92 Å². The molecule has 1 amide bonds. The van der Waals surface area contributed by atoms with E-state index in [-0.39, 0.29) is 42.8 Å². The SMILES string of the molecule is CC(NC(=O)C1CC2CCCCC2N1)c1ccccn1.Cl.Cl. The molecule has 0 radical (unpaired) electrons. The maximum Gasteiger partial charge on any atom is 0.237 e. The third kappa shape index (κ3) is 4.34. The lowest BCUT2D eigenvalue weighted by Gasteiger charge is -2.24. The van der Waals surface area contributed by atoms with E-state index in [9.17, 15) is 4.79 Å². The van der Waals surface area contributed by atoms with Crippen molar-refractivity contribution >= 4 is 30.7 Å². The topological polar surface area (TPSA) is 54.0 Å². The summed E-state index contributed by atoms with van der Waals surface area (Å²) in [6.45, 7) is 1.99. The van der Waals surface area contributed by atoms with E-state index in [1.54, 1.807) is 6.20 Å². The van der Waals surface area contributed by atoms with Gasteiger partial charge in [0, 0.05) is 12.2 Å². The van der Waals surface area contributed by atoms with Crippen LogP contribution < -0.4 is 10.6 Å². The minimum atomic E-state index is -0.0341. The molecule has 2 aliphatic rings. The second kappa shape index (κ2) is 8.70. The maximum absolute atomic E-state index is 12.4. The molecular formula is C16H25Cl2N3O. The summed E-state index contributed by atoms with van der Waals surface area (Å²) in [5.74, 6) is 0.821. The summed E-state index contributed by atoms with van der Waals surface area (Å²) >= 11 is 0. The first-order chi connectivity index (χ1) is 9.74. The molecule has 2 fully saturated rings. The van der Waals surface area contributed by atoms with Crippen LogP contribution in [0, 0.1) is 5.92 Å². The molecule has 2 heterocycles. The van der Waals surface area contributed by atoms with Gasteiger partial charge in [-0.3, -0.25) is 9.78 Å². The summed E-state index contributed by atoms with van der Waals surface area (Å²) in [6.07, 6.45) is 7.88. The van der Waals surface area contributed by atoms with E-state index in [1.807, 2.05) is 25.1 Å². The molecule has 0 bridgehead atoms. The van der Waals surface area contributed by atoms with Crippen molar-refractivity contribution in [1.82, 2.24) is 15.6 Å². The monoisotopic (exact) mass is 345 g/mol. The van der Waals surface area contributed by atoms with Gasteiger partial charge in [0.1, 0.15) is 0 Å². The van der Waals surface area contributed by atoms with Crippen LogP contribution in [0.4, 0.5) is 0 Å². The number of nitrogens with one attached hydrogen (secondary N) is 2. The zero-order chi connectivity index (χ0) is 13.9. The number of hydrogen-bond donors (Lipinski definition) is 2.